The van der Waals surface area contributed by atoms with Crippen LogP contribution in [0.1, 0.15) is 55.7 Å². The molecule has 2 heterocycles. The van der Waals surface area contributed by atoms with Crippen LogP contribution in [-0.2, 0) is 26.2 Å². The summed E-state index contributed by atoms with van der Waals surface area (Å²) in [6.07, 6.45) is 2.82. The second-order valence-corrected chi connectivity index (χ2v) is 13.3. The lowest BCUT2D eigenvalue weighted by molar-refractivity contribution is -0.130. The second kappa shape index (κ2) is 8.32. The summed E-state index contributed by atoms with van der Waals surface area (Å²) in [5.74, 6) is -0.876. The van der Waals surface area contributed by atoms with Crippen molar-refractivity contribution in [2.75, 3.05) is 6.54 Å². The van der Waals surface area contributed by atoms with E-state index in [0.717, 1.165) is 24.0 Å². The molecule has 6 rings (SSSR count). The minimum absolute atomic E-state index is 0.0561. The van der Waals surface area contributed by atoms with Gasteiger partial charge in [0.2, 0.25) is 15.9 Å². The number of sulfonamides is 1. The van der Waals surface area contributed by atoms with Crippen molar-refractivity contribution >= 4 is 39.5 Å². The Morgan fingerprint density at radius 3 is 2.56 bits per heavy atom. The number of rotatable bonds is 7. The van der Waals surface area contributed by atoms with E-state index in [-0.39, 0.29) is 24.3 Å². The Bertz CT molecular complexity index is 1250. The van der Waals surface area contributed by atoms with Gasteiger partial charge in [-0.1, -0.05) is 23.7 Å². The highest BCUT2D eigenvalue weighted by atomic mass is 35.5. The highest BCUT2D eigenvalue weighted by Gasteiger charge is 2.66. The molecule has 0 radical (unpaired) electrons. The number of carbonyl (C=O) groups is 3. The third-order valence-corrected chi connectivity index (χ3v) is 10.6. The molecule has 36 heavy (non-hydrogen) atoms. The molecular weight excluding hydrogens is 508 g/mol. The van der Waals surface area contributed by atoms with Crippen LogP contribution in [0.25, 0.3) is 0 Å². The first-order valence-electron chi connectivity index (χ1n) is 12.5. The van der Waals surface area contributed by atoms with Gasteiger partial charge in [0.25, 0.3) is 5.91 Å². The Hall–Kier alpha value is -2.37. The molecule has 0 bridgehead atoms. The normalized spacial score (nSPS) is 33.2. The van der Waals surface area contributed by atoms with Crippen LogP contribution in [0.2, 0.25) is 5.02 Å². The summed E-state index contributed by atoms with van der Waals surface area (Å²) in [5, 5.41) is 15.9. The van der Waals surface area contributed by atoms with Crippen LogP contribution in [-0.4, -0.2) is 59.7 Å². The molecule has 4 fully saturated rings. The second-order valence-electron chi connectivity index (χ2n) is 10.9. The summed E-state index contributed by atoms with van der Waals surface area (Å²) in [7, 11) is -3.72. The van der Waals surface area contributed by atoms with Crippen LogP contribution in [0.3, 0.4) is 0 Å². The van der Waals surface area contributed by atoms with Gasteiger partial charge in [-0.3, -0.25) is 19.2 Å². The molecular formula is C24H29ClN4O6S. The Balaban J connectivity index is 1.17. The van der Waals surface area contributed by atoms with Gasteiger partial charge in [-0.25, -0.2) is 13.2 Å². The van der Waals surface area contributed by atoms with Crippen LogP contribution in [0.5, 0.6) is 0 Å². The predicted octanol–water partition coefficient (Wildman–Crippen LogP) is 1.75. The standard InChI is InChI=1S/C24H29ClN4O6S/c25-18-3-1-2-15-16(18)11-29(23(32)33)20(15)13-8-19(26-10-13)21(30)27-24(9-17(24)12-4-5-12)22(31)28-36(34,35)14-6-7-14/h1-3,12-14,17,19-20,26H,4-11H2,(H,27,30)(H,28,31)(H,32,33)/t13-,17?,19+,20?,24?/m1/s1. The van der Waals surface area contributed by atoms with E-state index in [4.69, 9.17) is 11.6 Å². The molecule has 3 saturated carbocycles. The first kappa shape index (κ1) is 24.0. The Morgan fingerprint density at radius 1 is 1.14 bits per heavy atom. The van der Waals surface area contributed by atoms with Crippen molar-refractivity contribution in [3.8, 4) is 0 Å². The fraction of sp³-hybridized carbons (Fsp3) is 0.625. The average Bonchev–Trinajstić information content (AvgIpc) is 3.72. The average molecular weight is 537 g/mol. The molecule has 5 aliphatic rings. The highest BCUT2D eigenvalue weighted by Crippen LogP contribution is 2.57. The third kappa shape index (κ3) is 4.05. The number of hydrogen-bond donors (Lipinski definition) is 4. The number of fused-ring (bicyclic) bond motifs is 1. The number of carbonyl (C=O) groups excluding carboxylic acids is 2. The predicted molar refractivity (Wildman–Crippen MR) is 129 cm³/mol. The molecule has 3 aliphatic carbocycles. The summed E-state index contributed by atoms with van der Waals surface area (Å²) in [5.41, 5.74) is 0.452. The summed E-state index contributed by atoms with van der Waals surface area (Å²) >= 11 is 6.33. The van der Waals surface area contributed by atoms with Crippen LogP contribution in [0.4, 0.5) is 4.79 Å². The molecule has 4 N–H and O–H groups in total. The number of hydrogen-bond acceptors (Lipinski definition) is 6. The molecule has 2 aliphatic heterocycles. The first-order valence-corrected chi connectivity index (χ1v) is 14.4. The number of halogens is 1. The van der Waals surface area contributed by atoms with Crippen molar-refractivity contribution in [3.05, 3.63) is 34.3 Å². The quantitative estimate of drug-likeness (QED) is 0.415. The SMILES string of the molecule is O=C(NC1(C(=O)NS(=O)(=O)C2CC2)CC1C1CC1)[C@@H]1C[C@@H](C2c3cccc(Cl)c3CN2C(=O)O)CN1. The zero-order valence-corrected chi connectivity index (χ0v) is 21.1. The van der Waals surface area contributed by atoms with Crippen LogP contribution in [0.15, 0.2) is 18.2 Å². The van der Waals surface area contributed by atoms with Crippen LogP contribution in [0, 0.1) is 17.8 Å². The van der Waals surface area contributed by atoms with Gasteiger partial charge in [0, 0.05) is 11.6 Å². The Kier molecular flexibility index (Phi) is 5.55. The molecule has 3 unspecified atom stereocenters. The summed E-state index contributed by atoms with van der Waals surface area (Å²) < 4.78 is 27.0. The van der Waals surface area contributed by atoms with Gasteiger partial charge in [-0.05, 0) is 73.5 Å². The van der Waals surface area contributed by atoms with Crippen LogP contribution < -0.4 is 15.4 Å². The number of nitrogens with zero attached hydrogens (tertiary/aromatic N) is 1. The molecule has 1 aromatic rings. The third-order valence-electron chi connectivity index (χ3n) is 8.47. The minimum Gasteiger partial charge on any atom is -0.465 e. The molecule has 194 valence electrons. The van der Waals surface area contributed by atoms with E-state index in [9.17, 15) is 27.9 Å². The van der Waals surface area contributed by atoms with Crippen molar-refractivity contribution in [1.82, 2.24) is 20.3 Å². The number of amides is 3. The van der Waals surface area contributed by atoms with Gasteiger partial charge in [0.05, 0.1) is 23.9 Å². The largest absolute Gasteiger partial charge is 0.465 e. The lowest BCUT2D eigenvalue weighted by Gasteiger charge is -2.27. The molecule has 0 spiro atoms. The number of nitrogens with one attached hydrogen (secondary N) is 3. The fourth-order valence-electron chi connectivity index (χ4n) is 6.16. The van der Waals surface area contributed by atoms with Gasteiger partial charge in [0.1, 0.15) is 5.54 Å². The fourth-order valence-corrected chi connectivity index (χ4v) is 7.77. The van der Waals surface area contributed by atoms with E-state index >= 15 is 0 Å². The molecule has 1 aromatic carbocycles. The van der Waals surface area contributed by atoms with Gasteiger partial charge in [0.15, 0.2) is 0 Å². The maximum absolute atomic E-state index is 13.3. The van der Waals surface area contributed by atoms with Crippen molar-refractivity contribution < 1.29 is 27.9 Å². The van der Waals surface area contributed by atoms with Gasteiger partial charge < -0.3 is 15.7 Å². The maximum atomic E-state index is 13.3. The molecule has 10 nitrogen and oxygen atoms in total. The van der Waals surface area contributed by atoms with E-state index in [2.05, 4.69) is 15.4 Å². The molecule has 5 atom stereocenters. The Labute approximate surface area is 214 Å². The highest BCUT2D eigenvalue weighted by molar-refractivity contribution is 7.91. The van der Waals surface area contributed by atoms with E-state index in [1.165, 1.54) is 4.90 Å². The monoisotopic (exact) mass is 536 g/mol. The number of benzene rings is 1. The number of carboxylic acid groups (broad SMARTS) is 1. The van der Waals surface area contributed by atoms with Crippen LogP contribution >= 0.6 is 11.6 Å². The van der Waals surface area contributed by atoms with E-state index in [1.54, 1.807) is 12.1 Å². The molecule has 3 amide bonds. The summed E-state index contributed by atoms with van der Waals surface area (Å²) in [6.45, 7) is 0.629. The van der Waals surface area contributed by atoms with Crippen molar-refractivity contribution in [3.63, 3.8) is 0 Å². The van der Waals surface area contributed by atoms with Crippen molar-refractivity contribution in [2.24, 2.45) is 17.8 Å². The van der Waals surface area contributed by atoms with E-state index in [0.29, 0.717) is 43.2 Å². The van der Waals surface area contributed by atoms with Gasteiger partial charge in [-0.2, -0.15) is 0 Å². The lowest BCUT2D eigenvalue weighted by atomic mass is 9.90. The Morgan fingerprint density at radius 2 is 1.89 bits per heavy atom. The maximum Gasteiger partial charge on any atom is 0.408 e. The first-order chi connectivity index (χ1) is 17.1. The zero-order valence-electron chi connectivity index (χ0n) is 19.6. The molecule has 1 saturated heterocycles. The molecule has 0 aromatic heterocycles. The van der Waals surface area contributed by atoms with E-state index in [1.807, 2.05) is 6.07 Å². The van der Waals surface area contributed by atoms with Crippen molar-refractivity contribution in [1.29, 1.82) is 0 Å². The van der Waals surface area contributed by atoms with E-state index < -0.39 is 44.9 Å². The summed E-state index contributed by atoms with van der Waals surface area (Å²) in [6, 6.07) is 4.38. The van der Waals surface area contributed by atoms with Crippen molar-refractivity contribution in [2.45, 2.75) is 67.9 Å². The zero-order chi connectivity index (χ0) is 25.4. The topological polar surface area (TPSA) is 145 Å². The summed E-state index contributed by atoms with van der Waals surface area (Å²) in [4.78, 5) is 39.8. The van der Waals surface area contributed by atoms with Gasteiger partial charge >= 0.3 is 6.09 Å². The lowest BCUT2D eigenvalue weighted by Crippen LogP contribution is -2.55. The van der Waals surface area contributed by atoms with Gasteiger partial charge in [-0.15, -0.1) is 0 Å². The minimum atomic E-state index is -3.72. The smallest absolute Gasteiger partial charge is 0.408 e. The molecule has 12 heteroatoms.